The van der Waals surface area contributed by atoms with E-state index in [1.54, 1.807) is 4.88 Å². The highest BCUT2D eigenvalue weighted by Crippen LogP contribution is 2.46. The molecule has 1 N–H and O–H groups in total. The lowest BCUT2D eigenvalue weighted by Crippen LogP contribution is -2.11. The molecule has 0 spiro atoms. The Hall–Kier alpha value is -0.860. The number of hydrogen-bond acceptors (Lipinski definition) is 2. The molecule has 4 rings (SSSR count). The zero-order chi connectivity index (χ0) is 11.2. The van der Waals surface area contributed by atoms with Crippen molar-refractivity contribution < 1.29 is 0 Å². The summed E-state index contributed by atoms with van der Waals surface area (Å²) in [5.74, 6) is 2.74. The fraction of sp³-hybridized carbons (Fsp3) is 0.467. The molecule has 1 aliphatic carbocycles. The van der Waals surface area contributed by atoms with Crippen molar-refractivity contribution in [3.05, 3.63) is 35.2 Å². The Kier molecular flexibility index (Phi) is 2.27. The molecule has 1 saturated heterocycles. The van der Waals surface area contributed by atoms with Gasteiger partial charge in [0.1, 0.15) is 0 Å². The van der Waals surface area contributed by atoms with Gasteiger partial charge in [0.05, 0.1) is 0 Å². The van der Waals surface area contributed by atoms with Crippen LogP contribution in [0.3, 0.4) is 0 Å². The summed E-state index contributed by atoms with van der Waals surface area (Å²) < 4.78 is 1.46. The first-order chi connectivity index (χ1) is 8.40. The molecule has 0 bridgehead atoms. The van der Waals surface area contributed by atoms with Gasteiger partial charge in [0.2, 0.25) is 0 Å². The summed E-state index contributed by atoms with van der Waals surface area (Å²) in [6.45, 7) is 2.51. The standard InChI is InChI=1S/C15H17NS/c1-2-4-14-10(3-1)7-15(17-14)11-5-12-8-16-9-13(12)6-11/h1-4,7,11-13,16H,5-6,8-9H2. The third kappa shape index (κ3) is 1.62. The molecule has 2 aliphatic rings. The highest BCUT2D eigenvalue weighted by Gasteiger charge is 2.38. The van der Waals surface area contributed by atoms with Gasteiger partial charge in [0.25, 0.3) is 0 Å². The third-order valence-electron chi connectivity index (χ3n) is 4.50. The Morgan fingerprint density at radius 3 is 2.59 bits per heavy atom. The van der Waals surface area contributed by atoms with Crippen molar-refractivity contribution in [1.82, 2.24) is 5.32 Å². The normalized spacial score (nSPS) is 32.1. The molecule has 2 heterocycles. The lowest BCUT2D eigenvalue weighted by Gasteiger charge is -2.07. The molecule has 2 fully saturated rings. The van der Waals surface area contributed by atoms with Gasteiger partial charge in [-0.1, -0.05) is 18.2 Å². The first kappa shape index (κ1) is 10.1. The summed E-state index contributed by atoms with van der Waals surface area (Å²) in [7, 11) is 0. The first-order valence-electron chi connectivity index (χ1n) is 6.59. The van der Waals surface area contributed by atoms with Crippen molar-refractivity contribution in [1.29, 1.82) is 0 Å². The van der Waals surface area contributed by atoms with E-state index in [0.717, 1.165) is 17.8 Å². The lowest BCUT2D eigenvalue weighted by molar-refractivity contribution is 0.494. The van der Waals surface area contributed by atoms with Crippen molar-refractivity contribution in [2.45, 2.75) is 18.8 Å². The van der Waals surface area contributed by atoms with E-state index < -0.39 is 0 Å². The molecule has 1 saturated carbocycles. The van der Waals surface area contributed by atoms with Gasteiger partial charge < -0.3 is 5.32 Å². The molecule has 2 atom stereocenters. The zero-order valence-electron chi connectivity index (χ0n) is 9.86. The van der Waals surface area contributed by atoms with Crippen molar-refractivity contribution in [3.63, 3.8) is 0 Å². The minimum atomic E-state index is 0.837. The van der Waals surface area contributed by atoms with Crippen molar-refractivity contribution in [2.75, 3.05) is 13.1 Å². The largest absolute Gasteiger partial charge is 0.316 e. The van der Waals surface area contributed by atoms with Gasteiger partial charge >= 0.3 is 0 Å². The Labute approximate surface area is 106 Å². The van der Waals surface area contributed by atoms with Crippen molar-refractivity contribution >= 4 is 21.4 Å². The second kappa shape index (κ2) is 3.82. The molecule has 1 nitrogen and oxygen atoms in total. The van der Waals surface area contributed by atoms with E-state index >= 15 is 0 Å². The molecule has 1 aliphatic heterocycles. The molecule has 88 valence electrons. The zero-order valence-corrected chi connectivity index (χ0v) is 10.7. The van der Waals surface area contributed by atoms with Crippen LogP contribution in [-0.4, -0.2) is 13.1 Å². The number of thiophene rings is 1. The van der Waals surface area contributed by atoms with Crippen LogP contribution in [-0.2, 0) is 0 Å². The molecular formula is C15H17NS. The van der Waals surface area contributed by atoms with Gasteiger partial charge in [0.15, 0.2) is 0 Å². The first-order valence-corrected chi connectivity index (χ1v) is 7.41. The summed E-state index contributed by atoms with van der Waals surface area (Å²) in [6.07, 6.45) is 2.81. The van der Waals surface area contributed by atoms with Crippen LogP contribution >= 0.6 is 11.3 Å². The van der Waals surface area contributed by atoms with Gasteiger partial charge in [0, 0.05) is 9.58 Å². The molecular weight excluding hydrogens is 226 g/mol. The van der Waals surface area contributed by atoms with Crippen LogP contribution in [0.5, 0.6) is 0 Å². The predicted molar refractivity (Wildman–Crippen MR) is 73.6 cm³/mol. The predicted octanol–water partition coefficient (Wildman–Crippen LogP) is 3.61. The van der Waals surface area contributed by atoms with E-state index in [1.165, 1.54) is 36.0 Å². The Balaban J connectivity index is 1.66. The smallest absolute Gasteiger partial charge is 0.0345 e. The molecule has 2 unspecified atom stereocenters. The maximum Gasteiger partial charge on any atom is 0.0345 e. The molecule has 17 heavy (non-hydrogen) atoms. The minimum Gasteiger partial charge on any atom is -0.316 e. The topological polar surface area (TPSA) is 12.0 Å². The number of rotatable bonds is 1. The molecule has 2 heteroatoms. The van der Waals surface area contributed by atoms with E-state index in [-0.39, 0.29) is 0 Å². The van der Waals surface area contributed by atoms with Crippen LogP contribution in [0.2, 0.25) is 0 Å². The van der Waals surface area contributed by atoms with Gasteiger partial charge in [-0.05, 0) is 61.2 Å². The maximum absolute atomic E-state index is 3.53. The van der Waals surface area contributed by atoms with Crippen LogP contribution in [0.15, 0.2) is 30.3 Å². The average molecular weight is 243 g/mol. The second-order valence-corrected chi connectivity index (χ2v) is 6.65. The van der Waals surface area contributed by atoms with Crippen LogP contribution in [0.25, 0.3) is 10.1 Å². The van der Waals surface area contributed by atoms with Crippen LogP contribution in [0, 0.1) is 11.8 Å². The Bertz CT molecular complexity index is 500. The molecule has 2 aromatic rings. The SMILES string of the molecule is c1ccc2sc(C3CC4CNCC4C3)cc2c1. The van der Waals surface area contributed by atoms with E-state index in [2.05, 4.69) is 35.6 Å². The average Bonchev–Trinajstić information content (AvgIpc) is 3.01. The summed E-state index contributed by atoms with van der Waals surface area (Å²) >= 11 is 2.01. The summed E-state index contributed by atoms with van der Waals surface area (Å²) in [5, 5.41) is 4.96. The summed E-state index contributed by atoms with van der Waals surface area (Å²) in [5.41, 5.74) is 0. The van der Waals surface area contributed by atoms with Crippen LogP contribution in [0.4, 0.5) is 0 Å². The van der Waals surface area contributed by atoms with Crippen LogP contribution in [0.1, 0.15) is 23.6 Å². The van der Waals surface area contributed by atoms with Gasteiger partial charge in [-0.15, -0.1) is 11.3 Å². The molecule has 0 radical (unpaired) electrons. The van der Waals surface area contributed by atoms with Gasteiger partial charge in [-0.25, -0.2) is 0 Å². The number of nitrogens with one attached hydrogen (secondary N) is 1. The lowest BCUT2D eigenvalue weighted by atomic mass is 10.0. The fourth-order valence-electron chi connectivity index (χ4n) is 3.60. The van der Waals surface area contributed by atoms with E-state index in [1.807, 2.05) is 11.3 Å². The summed E-state index contributed by atoms with van der Waals surface area (Å²) in [4.78, 5) is 1.63. The Morgan fingerprint density at radius 2 is 1.82 bits per heavy atom. The summed E-state index contributed by atoms with van der Waals surface area (Å²) in [6, 6.07) is 11.2. The van der Waals surface area contributed by atoms with Crippen molar-refractivity contribution in [2.24, 2.45) is 11.8 Å². The number of fused-ring (bicyclic) bond motifs is 2. The fourth-order valence-corrected chi connectivity index (χ4v) is 4.79. The maximum atomic E-state index is 3.53. The second-order valence-electron chi connectivity index (χ2n) is 5.53. The quantitative estimate of drug-likeness (QED) is 0.806. The monoisotopic (exact) mass is 243 g/mol. The highest BCUT2D eigenvalue weighted by atomic mass is 32.1. The third-order valence-corrected chi connectivity index (χ3v) is 5.78. The van der Waals surface area contributed by atoms with E-state index in [9.17, 15) is 0 Å². The highest BCUT2D eigenvalue weighted by molar-refractivity contribution is 7.19. The minimum absolute atomic E-state index is 0.837. The molecule has 1 aromatic carbocycles. The van der Waals surface area contributed by atoms with Crippen molar-refractivity contribution in [3.8, 4) is 0 Å². The number of hydrogen-bond donors (Lipinski definition) is 1. The number of benzene rings is 1. The molecule has 0 amide bonds. The van der Waals surface area contributed by atoms with Crippen LogP contribution < -0.4 is 5.32 Å². The van der Waals surface area contributed by atoms with E-state index in [4.69, 9.17) is 0 Å². The van der Waals surface area contributed by atoms with Gasteiger partial charge in [-0.3, -0.25) is 0 Å². The molecule has 1 aromatic heterocycles. The Morgan fingerprint density at radius 1 is 1.06 bits per heavy atom. The van der Waals surface area contributed by atoms with E-state index in [0.29, 0.717) is 0 Å². The van der Waals surface area contributed by atoms with Gasteiger partial charge in [-0.2, -0.15) is 0 Å².